The van der Waals surface area contributed by atoms with Crippen molar-refractivity contribution in [2.75, 3.05) is 24.5 Å². The number of amides is 1. The molecule has 0 aliphatic carbocycles. The van der Waals surface area contributed by atoms with E-state index in [-0.39, 0.29) is 0 Å². The first-order valence-electron chi connectivity index (χ1n) is 9.01. The zero-order valence-electron chi connectivity index (χ0n) is 14.3. The standard InChI is InChI=1S/C19H23N5O/c25-19-5-4-15-14-23(18-13-20-9-10-22-18)11-7-17(15)24(19)12-6-16-3-1-2-8-21-16/h1-3,8-10,13,15,17H,4-7,11-12,14H2/t15-,17+/m0/s1. The smallest absolute Gasteiger partial charge is 0.222 e. The molecule has 130 valence electrons. The van der Waals surface area contributed by atoms with Crippen molar-refractivity contribution >= 4 is 11.7 Å². The average Bonchev–Trinajstić information content (AvgIpc) is 2.68. The number of rotatable bonds is 4. The number of carbonyl (C=O) groups excluding carboxylic acids is 1. The first-order chi connectivity index (χ1) is 12.3. The normalized spacial score (nSPS) is 23.4. The van der Waals surface area contributed by atoms with Gasteiger partial charge in [0.1, 0.15) is 5.82 Å². The van der Waals surface area contributed by atoms with Crippen LogP contribution in [0.1, 0.15) is 25.0 Å². The van der Waals surface area contributed by atoms with E-state index in [9.17, 15) is 4.79 Å². The van der Waals surface area contributed by atoms with Crippen LogP contribution in [-0.4, -0.2) is 51.4 Å². The molecule has 2 aliphatic heterocycles. The van der Waals surface area contributed by atoms with E-state index >= 15 is 0 Å². The van der Waals surface area contributed by atoms with Crippen molar-refractivity contribution in [3.8, 4) is 0 Å². The molecule has 2 aromatic rings. The highest BCUT2D eigenvalue weighted by Gasteiger charge is 2.39. The van der Waals surface area contributed by atoms with Crippen LogP contribution < -0.4 is 4.90 Å². The van der Waals surface area contributed by atoms with Gasteiger partial charge in [-0.3, -0.25) is 14.8 Å². The van der Waals surface area contributed by atoms with Gasteiger partial charge in [-0.1, -0.05) is 6.07 Å². The lowest BCUT2D eigenvalue weighted by Crippen LogP contribution is -2.56. The van der Waals surface area contributed by atoms with E-state index in [4.69, 9.17) is 0 Å². The number of hydrogen-bond donors (Lipinski definition) is 0. The van der Waals surface area contributed by atoms with Gasteiger partial charge in [0.15, 0.2) is 0 Å². The Morgan fingerprint density at radius 3 is 2.88 bits per heavy atom. The maximum atomic E-state index is 12.5. The maximum Gasteiger partial charge on any atom is 0.222 e. The van der Waals surface area contributed by atoms with Crippen molar-refractivity contribution in [1.29, 1.82) is 0 Å². The number of carbonyl (C=O) groups is 1. The predicted octanol–water partition coefficient (Wildman–Crippen LogP) is 1.93. The molecular formula is C19H23N5O. The lowest BCUT2D eigenvalue weighted by Gasteiger charge is -2.47. The number of aromatic nitrogens is 3. The number of pyridine rings is 1. The van der Waals surface area contributed by atoms with E-state index in [2.05, 4.69) is 24.8 Å². The van der Waals surface area contributed by atoms with Gasteiger partial charge >= 0.3 is 0 Å². The van der Waals surface area contributed by atoms with Crippen LogP contribution in [0, 0.1) is 5.92 Å². The van der Waals surface area contributed by atoms with Crippen molar-refractivity contribution in [2.24, 2.45) is 5.92 Å². The number of piperidine rings is 2. The Morgan fingerprint density at radius 1 is 1.12 bits per heavy atom. The monoisotopic (exact) mass is 337 g/mol. The predicted molar refractivity (Wildman–Crippen MR) is 95.0 cm³/mol. The van der Waals surface area contributed by atoms with E-state index in [0.717, 1.165) is 50.4 Å². The lowest BCUT2D eigenvalue weighted by molar-refractivity contribution is -0.139. The van der Waals surface area contributed by atoms with Gasteiger partial charge in [0.2, 0.25) is 5.91 Å². The van der Waals surface area contributed by atoms with Crippen molar-refractivity contribution in [3.05, 3.63) is 48.7 Å². The number of likely N-dealkylation sites (tertiary alicyclic amines) is 1. The van der Waals surface area contributed by atoms with Crippen LogP contribution >= 0.6 is 0 Å². The largest absolute Gasteiger partial charge is 0.355 e. The van der Waals surface area contributed by atoms with Gasteiger partial charge in [-0.15, -0.1) is 0 Å². The van der Waals surface area contributed by atoms with Crippen LogP contribution in [0.15, 0.2) is 43.0 Å². The Kier molecular flexibility index (Phi) is 4.59. The molecule has 4 rings (SSSR count). The van der Waals surface area contributed by atoms with Gasteiger partial charge in [-0.25, -0.2) is 4.98 Å². The summed E-state index contributed by atoms with van der Waals surface area (Å²) in [7, 11) is 0. The third kappa shape index (κ3) is 3.48. The maximum absolute atomic E-state index is 12.5. The Balaban J connectivity index is 1.43. The van der Waals surface area contributed by atoms with E-state index in [1.54, 1.807) is 12.4 Å². The fourth-order valence-electron chi connectivity index (χ4n) is 4.09. The molecule has 4 heterocycles. The van der Waals surface area contributed by atoms with Crippen LogP contribution in [0.3, 0.4) is 0 Å². The molecule has 2 saturated heterocycles. The Bertz CT molecular complexity index is 708. The molecular weight excluding hydrogens is 314 g/mol. The summed E-state index contributed by atoms with van der Waals surface area (Å²) in [6, 6.07) is 6.30. The molecule has 0 radical (unpaired) electrons. The summed E-state index contributed by atoms with van der Waals surface area (Å²) in [6.07, 6.45) is 10.5. The fraction of sp³-hybridized carbons (Fsp3) is 0.474. The Hall–Kier alpha value is -2.50. The zero-order valence-corrected chi connectivity index (χ0v) is 14.3. The molecule has 2 atom stereocenters. The minimum atomic E-state index is 0.296. The Morgan fingerprint density at radius 2 is 2.08 bits per heavy atom. The van der Waals surface area contributed by atoms with E-state index in [1.807, 2.05) is 30.6 Å². The van der Waals surface area contributed by atoms with Crippen LogP contribution in [0.5, 0.6) is 0 Å². The van der Waals surface area contributed by atoms with Gasteiger partial charge < -0.3 is 9.80 Å². The minimum Gasteiger partial charge on any atom is -0.355 e. The molecule has 2 fully saturated rings. The van der Waals surface area contributed by atoms with Crippen LogP contribution in [0.2, 0.25) is 0 Å². The lowest BCUT2D eigenvalue weighted by atomic mass is 9.83. The molecule has 0 bridgehead atoms. The quantitative estimate of drug-likeness (QED) is 0.853. The number of nitrogens with zero attached hydrogens (tertiary/aromatic N) is 5. The summed E-state index contributed by atoms with van der Waals surface area (Å²) in [5, 5.41) is 0. The minimum absolute atomic E-state index is 0.296. The topological polar surface area (TPSA) is 62.2 Å². The molecule has 2 aliphatic rings. The molecule has 0 unspecified atom stereocenters. The molecule has 0 spiro atoms. The zero-order chi connectivity index (χ0) is 17.1. The second kappa shape index (κ2) is 7.17. The van der Waals surface area contributed by atoms with E-state index in [1.165, 1.54) is 0 Å². The first-order valence-corrected chi connectivity index (χ1v) is 9.01. The van der Waals surface area contributed by atoms with Crippen molar-refractivity contribution in [2.45, 2.75) is 31.7 Å². The molecule has 0 aromatic carbocycles. The second-order valence-electron chi connectivity index (χ2n) is 6.82. The summed E-state index contributed by atoms with van der Waals surface area (Å²) in [6.45, 7) is 2.64. The summed E-state index contributed by atoms with van der Waals surface area (Å²) < 4.78 is 0. The molecule has 25 heavy (non-hydrogen) atoms. The number of anilines is 1. The summed E-state index contributed by atoms with van der Waals surface area (Å²) in [5.74, 6) is 1.75. The highest BCUT2D eigenvalue weighted by atomic mass is 16.2. The highest BCUT2D eigenvalue weighted by molar-refractivity contribution is 5.77. The molecule has 6 nitrogen and oxygen atoms in total. The third-order valence-electron chi connectivity index (χ3n) is 5.35. The van der Waals surface area contributed by atoms with Gasteiger partial charge in [0.05, 0.1) is 6.20 Å². The average molecular weight is 337 g/mol. The third-order valence-corrected chi connectivity index (χ3v) is 5.35. The second-order valence-corrected chi connectivity index (χ2v) is 6.82. The van der Waals surface area contributed by atoms with Crippen LogP contribution in [-0.2, 0) is 11.2 Å². The fourth-order valence-corrected chi connectivity index (χ4v) is 4.09. The molecule has 1 amide bonds. The molecule has 2 aromatic heterocycles. The first kappa shape index (κ1) is 16.0. The summed E-state index contributed by atoms with van der Waals surface area (Å²) in [4.78, 5) is 29.9. The number of fused-ring (bicyclic) bond motifs is 1. The van der Waals surface area contributed by atoms with Crippen LogP contribution in [0.25, 0.3) is 0 Å². The van der Waals surface area contributed by atoms with E-state index in [0.29, 0.717) is 24.3 Å². The van der Waals surface area contributed by atoms with Gasteiger partial charge in [-0.2, -0.15) is 0 Å². The Labute approximate surface area is 147 Å². The van der Waals surface area contributed by atoms with Crippen molar-refractivity contribution in [3.63, 3.8) is 0 Å². The summed E-state index contributed by atoms with van der Waals surface area (Å²) >= 11 is 0. The van der Waals surface area contributed by atoms with Crippen molar-refractivity contribution < 1.29 is 4.79 Å². The van der Waals surface area contributed by atoms with Crippen molar-refractivity contribution in [1.82, 2.24) is 19.9 Å². The van der Waals surface area contributed by atoms with Gasteiger partial charge in [0.25, 0.3) is 0 Å². The molecule has 6 heteroatoms. The van der Waals surface area contributed by atoms with Gasteiger partial charge in [-0.05, 0) is 30.9 Å². The highest BCUT2D eigenvalue weighted by Crippen LogP contribution is 2.32. The number of hydrogen-bond acceptors (Lipinski definition) is 5. The van der Waals surface area contributed by atoms with E-state index < -0.39 is 0 Å². The van der Waals surface area contributed by atoms with Gasteiger partial charge in [0, 0.05) is 62.8 Å². The molecule has 0 N–H and O–H groups in total. The molecule has 0 saturated carbocycles. The van der Waals surface area contributed by atoms with Crippen LogP contribution in [0.4, 0.5) is 5.82 Å². The summed E-state index contributed by atoms with van der Waals surface area (Å²) in [5.41, 5.74) is 1.05. The SMILES string of the molecule is O=C1CC[C@H]2CN(c3cnccn3)CC[C@H]2N1CCc1ccccn1.